The van der Waals surface area contributed by atoms with Gasteiger partial charge in [0, 0.05) is 39.3 Å². The van der Waals surface area contributed by atoms with Crippen LogP contribution in [-0.4, -0.2) is 56.9 Å². The third kappa shape index (κ3) is 5.77. The van der Waals surface area contributed by atoms with Gasteiger partial charge in [0.15, 0.2) is 0 Å². The van der Waals surface area contributed by atoms with E-state index in [-0.39, 0.29) is 6.09 Å². The zero-order valence-electron chi connectivity index (χ0n) is 8.71. The summed E-state index contributed by atoms with van der Waals surface area (Å²) in [6, 6.07) is 0. The van der Waals surface area contributed by atoms with Gasteiger partial charge < -0.3 is 15.4 Å². The van der Waals surface area contributed by atoms with E-state index in [1.807, 2.05) is 0 Å². The molecule has 14 heavy (non-hydrogen) atoms. The minimum Gasteiger partial charge on any atom is -0.450 e. The number of carbonyl (C=O) groups is 1. The molecule has 0 saturated carbocycles. The van der Waals surface area contributed by atoms with E-state index in [9.17, 15) is 4.79 Å². The predicted octanol–water partition coefficient (Wildman–Crippen LogP) is -0.362. The summed E-state index contributed by atoms with van der Waals surface area (Å²) < 4.78 is 4.71. The normalized spacial score (nSPS) is 15.2. The van der Waals surface area contributed by atoms with E-state index < -0.39 is 0 Å². The molecule has 1 saturated heterocycles. The Kier molecular flexibility index (Phi) is 5.32. The van der Waals surface area contributed by atoms with Crippen molar-refractivity contribution in [3.8, 4) is 0 Å². The molecular formula is C9H19N3O2. The van der Waals surface area contributed by atoms with Gasteiger partial charge in [-0.25, -0.2) is 4.79 Å². The SMILES string of the molecule is CCOC(=O)NCCNCCN1CC1. The molecule has 1 amide bonds. The Hall–Kier alpha value is -0.810. The second-order valence-electron chi connectivity index (χ2n) is 3.24. The maximum Gasteiger partial charge on any atom is 0.407 e. The molecule has 1 heterocycles. The number of alkyl carbamates (subject to hydrolysis) is 1. The topological polar surface area (TPSA) is 53.4 Å². The van der Waals surface area contributed by atoms with Crippen LogP contribution in [0.3, 0.4) is 0 Å². The van der Waals surface area contributed by atoms with Crippen molar-refractivity contribution < 1.29 is 9.53 Å². The van der Waals surface area contributed by atoms with Crippen LogP contribution in [-0.2, 0) is 4.74 Å². The highest BCUT2D eigenvalue weighted by molar-refractivity contribution is 5.66. The highest BCUT2D eigenvalue weighted by atomic mass is 16.5. The number of nitrogens with one attached hydrogen (secondary N) is 2. The van der Waals surface area contributed by atoms with Crippen molar-refractivity contribution in [3.63, 3.8) is 0 Å². The number of hydrogen-bond donors (Lipinski definition) is 2. The molecule has 1 aliphatic rings. The van der Waals surface area contributed by atoms with Crippen molar-refractivity contribution in [2.24, 2.45) is 0 Å². The van der Waals surface area contributed by atoms with Crippen molar-refractivity contribution in [1.29, 1.82) is 0 Å². The summed E-state index contributed by atoms with van der Waals surface area (Å²) in [5, 5.41) is 5.89. The van der Waals surface area contributed by atoms with Gasteiger partial charge in [0.1, 0.15) is 0 Å². The Balaban J connectivity index is 1.76. The molecule has 0 aromatic carbocycles. The molecule has 82 valence electrons. The van der Waals surface area contributed by atoms with E-state index in [0.29, 0.717) is 13.2 Å². The Morgan fingerprint density at radius 3 is 2.79 bits per heavy atom. The largest absolute Gasteiger partial charge is 0.450 e. The van der Waals surface area contributed by atoms with E-state index in [4.69, 9.17) is 4.74 Å². The number of ether oxygens (including phenoxy) is 1. The minimum absolute atomic E-state index is 0.333. The van der Waals surface area contributed by atoms with Crippen molar-refractivity contribution >= 4 is 6.09 Å². The second kappa shape index (κ2) is 6.62. The predicted molar refractivity (Wildman–Crippen MR) is 54.3 cm³/mol. The maximum atomic E-state index is 10.8. The maximum absolute atomic E-state index is 10.8. The van der Waals surface area contributed by atoms with Crippen LogP contribution >= 0.6 is 0 Å². The number of hydrogen-bond acceptors (Lipinski definition) is 4. The van der Waals surface area contributed by atoms with Gasteiger partial charge >= 0.3 is 6.09 Å². The van der Waals surface area contributed by atoms with Crippen LogP contribution in [0.15, 0.2) is 0 Å². The van der Waals surface area contributed by atoms with E-state index in [2.05, 4.69) is 15.5 Å². The van der Waals surface area contributed by atoms with Gasteiger partial charge in [0.05, 0.1) is 6.61 Å². The first-order valence-electron chi connectivity index (χ1n) is 5.16. The van der Waals surface area contributed by atoms with E-state index in [1.165, 1.54) is 13.1 Å². The lowest BCUT2D eigenvalue weighted by Gasteiger charge is -2.06. The molecule has 5 nitrogen and oxygen atoms in total. The minimum atomic E-state index is -0.333. The third-order valence-electron chi connectivity index (χ3n) is 1.99. The van der Waals surface area contributed by atoms with Crippen molar-refractivity contribution in [2.45, 2.75) is 6.92 Å². The summed E-state index contributed by atoms with van der Waals surface area (Å²) in [6.45, 7) is 8.22. The Morgan fingerprint density at radius 2 is 2.14 bits per heavy atom. The van der Waals surface area contributed by atoms with Gasteiger partial charge in [0.2, 0.25) is 0 Å². The molecule has 1 aliphatic heterocycles. The zero-order valence-corrected chi connectivity index (χ0v) is 8.71. The Morgan fingerprint density at radius 1 is 1.36 bits per heavy atom. The van der Waals surface area contributed by atoms with Crippen molar-refractivity contribution in [2.75, 3.05) is 45.9 Å². The second-order valence-corrected chi connectivity index (χ2v) is 3.24. The molecule has 0 atom stereocenters. The quantitative estimate of drug-likeness (QED) is 0.436. The molecule has 5 heteroatoms. The van der Waals surface area contributed by atoms with Gasteiger partial charge in [0.25, 0.3) is 0 Å². The first-order chi connectivity index (χ1) is 6.83. The fraction of sp³-hybridized carbons (Fsp3) is 0.889. The van der Waals surface area contributed by atoms with Crippen LogP contribution in [0.5, 0.6) is 0 Å². The van der Waals surface area contributed by atoms with E-state index in [1.54, 1.807) is 6.92 Å². The van der Waals surface area contributed by atoms with Gasteiger partial charge in [-0.15, -0.1) is 0 Å². The molecule has 0 bridgehead atoms. The summed E-state index contributed by atoms with van der Waals surface area (Å²) in [4.78, 5) is 13.2. The molecule has 0 aliphatic carbocycles. The Bertz CT molecular complexity index is 171. The summed E-state index contributed by atoms with van der Waals surface area (Å²) in [5.41, 5.74) is 0. The van der Waals surface area contributed by atoms with E-state index in [0.717, 1.165) is 19.6 Å². The summed E-state index contributed by atoms with van der Waals surface area (Å²) in [5.74, 6) is 0. The molecular weight excluding hydrogens is 182 g/mol. The molecule has 2 N–H and O–H groups in total. The molecule has 1 fully saturated rings. The van der Waals surface area contributed by atoms with Crippen molar-refractivity contribution in [3.05, 3.63) is 0 Å². The van der Waals surface area contributed by atoms with Gasteiger partial charge in [-0.2, -0.15) is 0 Å². The molecule has 1 rings (SSSR count). The molecule has 0 aromatic rings. The highest BCUT2D eigenvalue weighted by Gasteiger charge is 2.14. The average molecular weight is 201 g/mol. The molecule has 0 aromatic heterocycles. The number of amides is 1. The first kappa shape index (κ1) is 11.3. The number of nitrogens with zero attached hydrogens (tertiary/aromatic N) is 1. The van der Waals surface area contributed by atoms with Crippen LogP contribution < -0.4 is 10.6 Å². The van der Waals surface area contributed by atoms with Crippen LogP contribution in [0.2, 0.25) is 0 Å². The fourth-order valence-electron chi connectivity index (χ4n) is 1.09. The lowest BCUT2D eigenvalue weighted by molar-refractivity contribution is 0.152. The standard InChI is InChI=1S/C9H19N3O2/c1-2-14-9(13)11-4-3-10-5-6-12-7-8-12/h10H,2-8H2,1H3,(H,11,13). The Labute approximate surface area is 84.8 Å². The number of rotatable bonds is 7. The number of carbonyl (C=O) groups excluding carboxylic acids is 1. The highest BCUT2D eigenvalue weighted by Crippen LogP contribution is 1.99. The van der Waals surface area contributed by atoms with Crippen molar-refractivity contribution in [1.82, 2.24) is 15.5 Å². The van der Waals surface area contributed by atoms with Crippen LogP contribution in [0, 0.1) is 0 Å². The van der Waals surface area contributed by atoms with Crippen LogP contribution in [0.25, 0.3) is 0 Å². The monoisotopic (exact) mass is 201 g/mol. The van der Waals surface area contributed by atoms with E-state index >= 15 is 0 Å². The summed E-state index contributed by atoms with van der Waals surface area (Å²) in [6.07, 6.45) is -0.333. The molecule has 0 radical (unpaired) electrons. The first-order valence-corrected chi connectivity index (χ1v) is 5.16. The van der Waals surface area contributed by atoms with Crippen LogP contribution in [0.1, 0.15) is 6.92 Å². The fourth-order valence-corrected chi connectivity index (χ4v) is 1.09. The average Bonchev–Trinajstić information content (AvgIpc) is 2.95. The van der Waals surface area contributed by atoms with Gasteiger partial charge in [-0.1, -0.05) is 0 Å². The molecule has 0 spiro atoms. The van der Waals surface area contributed by atoms with Gasteiger partial charge in [-0.3, -0.25) is 4.90 Å². The smallest absolute Gasteiger partial charge is 0.407 e. The summed E-state index contributed by atoms with van der Waals surface area (Å²) >= 11 is 0. The third-order valence-corrected chi connectivity index (χ3v) is 1.99. The van der Waals surface area contributed by atoms with Gasteiger partial charge in [-0.05, 0) is 6.92 Å². The lowest BCUT2D eigenvalue weighted by Crippen LogP contribution is -2.33. The van der Waals surface area contributed by atoms with Crippen LogP contribution in [0.4, 0.5) is 4.79 Å². The summed E-state index contributed by atoms with van der Waals surface area (Å²) in [7, 11) is 0. The lowest BCUT2D eigenvalue weighted by atomic mass is 10.5. The zero-order chi connectivity index (χ0) is 10.2. The molecule has 0 unspecified atom stereocenters.